The Morgan fingerprint density at radius 3 is 1.67 bits per heavy atom. The van der Waals surface area contributed by atoms with Crippen LogP contribution in [0.15, 0.2) is 133 Å². The van der Waals surface area contributed by atoms with Gasteiger partial charge in [-0.05, 0) is 165 Å². The van der Waals surface area contributed by atoms with E-state index in [4.69, 9.17) is 12.3 Å². The number of hydrogen-bond donors (Lipinski definition) is 1. The van der Waals surface area contributed by atoms with E-state index in [0.29, 0.717) is 17.8 Å². The molecule has 0 radical (unpaired) electrons. The third-order valence-electron chi connectivity index (χ3n) is 17.9. The first-order valence-corrected chi connectivity index (χ1v) is 33.4. The summed E-state index contributed by atoms with van der Waals surface area (Å²) in [5, 5.41) is 0. The third kappa shape index (κ3) is 23.0. The van der Waals surface area contributed by atoms with Crippen molar-refractivity contribution in [3.8, 4) is 0 Å². The summed E-state index contributed by atoms with van der Waals surface area (Å²) in [6, 6.07) is 30.8. The molecule has 2 N–H and O–H groups in total. The summed E-state index contributed by atoms with van der Waals surface area (Å²) in [5.74, 6) is 1.29. The lowest BCUT2D eigenvalue weighted by molar-refractivity contribution is 0.426. The van der Waals surface area contributed by atoms with Crippen LogP contribution >= 0.6 is 0 Å². The van der Waals surface area contributed by atoms with Crippen LogP contribution in [0.25, 0.3) is 28.4 Å². The highest BCUT2D eigenvalue weighted by molar-refractivity contribution is 5.94. The van der Waals surface area contributed by atoms with Gasteiger partial charge in [0.25, 0.3) is 0 Å². The molecule has 3 unspecified atom stereocenters. The van der Waals surface area contributed by atoms with Crippen LogP contribution in [-0.4, -0.2) is 0 Å². The number of nitrogens with two attached hydrogens (primary N) is 1. The van der Waals surface area contributed by atoms with Crippen molar-refractivity contribution in [2.45, 2.75) is 265 Å². The van der Waals surface area contributed by atoms with E-state index in [2.05, 4.69) is 260 Å². The standard InChI is InChI=1S/C76H109N.C6H14/c1-20-26-27-28-32-55(8)58(11)71-53-66(44-46-68(71)56(9)33-43-65(25-6)75(15,16)17)76(18,19)50-49-63(31-23-4)69-47-48-70(67(54(7)24-5)45-34-57(10)74(12,13)14)72(73(69)77)52-64(62-41-39-60(30-22-3)40-42-62)51-61-37-35-59(29-21-2)36-38-61;1-3-5-6-4-2/h25,33-49,52-55,58H,9,20-24,26-32,50-51,77H2,1-8,10-19H3;3-6H2,1-2H3/b43-33-,57-34+,63-49+,64-52+,65-25+,67-45+;. The number of allylic oxidation sites excluding steroid dienone is 12. The van der Waals surface area contributed by atoms with Gasteiger partial charge in [-0.1, -0.05) is 329 Å². The summed E-state index contributed by atoms with van der Waals surface area (Å²) in [7, 11) is 0. The normalized spacial score (nSPS) is 14.4. The molecule has 4 aromatic rings. The number of nitrogen functional groups attached to an aromatic ring is 1. The average molecular weight is 1120 g/mol. The number of unbranched alkanes of at least 4 members (excludes halogenated alkanes) is 6. The van der Waals surface area contributed by atoms with Gasteiger partial charge in [-0.15, -0.1) is 0 Å². The molecular weight excluding hydrogens is 999 g/mol. The Balaban J connectivity index is 0.00000285. The van der Waals surface area contributed by atoms with Gasteiger partial charge in [0, 0.05) is 16.8 Å². The van der Waals surface area contributed by atoms with Crippen LogP contribution in [0.3, 0.4) is 0 Å². The van der Waals surface area contributed by atoms with Crippen LogP contribution < -0.4 is 5.73 Å². The highest BCUT2D eigenvalue weighted by Crippen LogP contribution is 2.42. The van der Waals surface area contributed by atoms with Gasteiger partial charge >= 0.3 is 0 Å². The summed E-state index contributed by atoms with van der Waals surface area (Å²) < 4.78 is 0. The van der Waals surface area contributed by atoms with E-state index in [9.17, 15) is 0 Å². The Hall–Kier alpha value is -5.14. The number of aryl methyl sites for hydroxylation is 2. The van der Waals surface area contributed by atoms with Crippen LogP contribution in [0.2, 0.25) is 0 Å². The SMILES string of the molecule is C=C(/C=C\C(=C/C)C(C)(C)C)c1ccc(C(C)(C)C/C=C(\CCC)c2ccc(/C(=C/C=C(\C)C(C)(C)C)C(C)CC)c(/C=C(\Cc3ccc(CCC)cc3)c3ccc(CCC)cc3)c2N)cc1C(C)C(C)CCCCCC.CCCCCC. The van der Waals surface area contributed by atoms with Gasteiger partial charge in [0.2, 0.25) is 0 Å². The molecule has 0 aliphatic heterocycles. The molecule has 0 heterocycles. The third-order valence-corrected chi connectivity index (χ3v) is 17.9. The quantitative estimate of drug-likeness (QED) is 0.0231. The topological polar surface area (TPSA) is 26.0 Å². The average Bonchev–Trinajstić information content (AvgIpc) is 2.93. The van der Waals surface area contributed by atoms with Crippen LogP contribution in [0.5, 0.6) is 0 Å². The molecule has 456 valence electrons. The van der Waals surface area contributed by atoms with Gasteiger partial charge < -0.3 is 5.73 Å². The Kier molecular flexibility index (Phi) is 31.3. The van der Waals surface area contributed by atoms with E-state index in [1.807, 2.05) is 0 Å². The minimum atomic E-state index is -0.136. The molecule has 0 aliphatic carbocycles. The zero-order valence-electron chi connectivity index (χ0n) is 57.3. The summed E-state index contributed by atoms with van der Waals surface area (Å²) >= 11 is 0. The first kappa shape index (κ1) is 72.1. The lowest BCUT2D eigenvalue weighted by Gasteiger charge is -2.29. The molecule has 0 aromatic heterocycles. The predicted octanol–water partition coefficient (Wildman–Crippen LogP) is 25.8. The van der Waals surface area contributed by atoms with Crippen LogP contribution in [0.4, 0.5) is 5.69 Å². The predicted molar refractivity (Wildman–Crippen MR) is 378 cm³/mol. The zero-order chi connectivity index (χ0) is 61.9. The molecule has 0 bridgehead atoms. The van der Waals surface area contributed by atoms with Crippen molar-refractivity contribution in [2.24, 2.45) is 22.7 Å². The summed E-state index contributed by atoms with van der Waals surface area (Å²) in [5.41, 5.74) is 29.3. The van der Waals surface area contributed by atoms with E-state index in [1.165, 1.54) is 130 Å². The first-order chi connectivity index (χ1) is 39.3. The number of hydrogen-bond acceptors (Lipinski definition) is 1. The van der Waals surface area contributed by atoms with Gasteiger partial charge in [-0.25, -0.2) is 0 Å². The van der Waals surface area contributed by atoms with Gasteiger partial charge in [-0.3, -0.25) is 0 Å². The molecule has 1 nitrogen and oxygen atoms in total. The molecule has 3 atom stereocenters. The molecule has 0 amide bonds. The van der Waals surface area contributed by atoms with Crippen LogP contribution in [-0.2, 0) is 24.7 Å². The second-order valence-electron chi connectivity index (χ2n) is 27.4. The monoisotopic (exact) mass is 1120 g/mol. The van der Waals surface area contributed by atoms with Crippen molar-refractivity contribution in [3.05, 3.63) is 189 Å². The van der Waals surface area contributed by atoms with Crippen molar-refractivity contribution < 1.29 is 0 Å². The van der Waals surface area contributed by atoms with Crippen LogP contribution in [0.1, 0.15) is 296 Å². The Morgan fingerprint density at radius 1 is 0.590 bits per heavy atom. The van der Waals surface area contributed by atoms with E-state index >= 15 is 0 Å². The minimum Gasteiger partial charge on any atom is -0.398 e. The minimum absolute atomic E-state index is 0.0682. The molecule has 83 heavy (non-hydrogen) atoms. The summed E-state index contributed by atoms with van der Waals surface area (Å²) in [6.45, 7) is 51.0. The zero-order valence-corrected chi connectivity index (χ0v) is 57.3. The van der Waals surface area contributed by atoms with Gasteiger partial charge in [0.05, 0.1) is 0 Å². The lowest BCUT2D eigenvalue weighted by Crippen LogP contribution is -2.18. The number of rotatable bonds is 31. The van der Waals surface area contributed by atoms with Gasteiger partial charge in [0.1, 0.15) is 0 Å². The summed E-state index contributed by atoms with van der Waals surface area (Å²) in [4.78, 5) is 0. The molecule has 0 fully saturated rings. The smallest absolute Gasteiger partial charge is 0.0470 e. The Bertz CT molecular complexity index is 2750. The highest BCUT2D eigenvalue weighted by Gasteiger charge is 2.26. The maximum Gasteiger partial charge on any atom is 0.0470 e. The fraction of sp³-hybridized carbons (Fsp3) is 0.537. The van der Waals surface area contributed by atoms with Crippen molar-refractivity contribution in [1.29, 1.82) is 0 Å². The Morgan fingerprint density at radius 2 is 1.14 bits per heavy atom. The lowest BCUT2D eigenvalue weighted by atomic mass is 9.75. The molecule has 0 saturated carbocycles. The van der Waals surface area contributed by atoms with E-state index < -0.39 is 0 Å². The maximum atomic E-state index is 7.82. The molecule has 1 heteroatoms. The van der Waals surface area contributed by atoms with E-state index in [1.54, 1.807) is 0 Å². The molecule has 4 rings (SSSR count). The number of anilines is 1. The van der Waals surface area contributed by atoms with Crippen molar-refractivity contribution in [3.63, 3.8) is 0 Å². The van der Waals surface area contributed by atoms with Crippen molar-refractivity contribution >= 4 is 34.1 Å². The molecule has 0 spiro atoms. The van der Waals surface area contributed by atoms with E-state index in [-0.39, 0.29) is 16.2 Å². The molecule has 0 saturated heterocycles. The van der Waals surface area contributed by atoms with Crippen molar-refractivity contribution in [2.75, 3.05) is 5.73 Å². The molecule has 0 aliphatic rings. The van der Waals surface area contributed by atoms with Crippen molar-refractivity contribution in [1.82, 2.24) is 0 Å². The first-order valence-electron chi connectivity index (χ1n) is 33.4. The van der Waals surface area contributed by atoms with Crippen LogP contribution in [0, 0.1) is 22.7 Å². The molecule has 4 aromatic carbocycles. The fourth-order valence-corrected chi connectivity index (χ4v) is 11.2. The number of benzene rings is 4. The second-order valence-corrected chi connectivity index (χ2v) is 27.4. The largest absolute Gasteiger partial charge is 0.398 e. The maximum absolute atomic E-state index is 7.82. The van der Waals surface area contributed by atoms with Gasteiger partial charge in [0.15, 0.2) is 0 Å². The molecular formula is C82H123N. The Labute approximate surface area is 513 Å². The highest BCUT2D eigenvalue weighted by atomic mass is 14.6. The summed E-state index contributed by atoms with van der Waals surface area (Å²) in [6.07, 6.45) is 37.7. The fourth-order valence-electron chi connectivity index (χ4n) is 11.2. The van der Waals surface area contributed by atoms with Gasteiger partial charge in [-0.2, -0.15) is 0 Å². The second kappa shape index (κ2) is 36.0. The van der Waals surface area contributed by atoms with E-state index in [0.717, 1.165) is 80.2 Å².